The first-order valence-corrected chi connectivity index (χ1v) is 15.7. The van der Waals surface area contributed by atoms with Crippen molar-refractivity contribution in [2.24, 2.45) is 0 Å². The minimum atomic E-state index is -3.71. The first-order chi connectivity index (χ1) is 20.7. The maximum Gasteiger partial charge on any atom is 0.233 e. The van der Waals surface area contributed by atoms with Gasteiger partial charge in [-0.3, -0.25) is 0 Å². The van der Waals surface area contributed by atoms with Crippen LogP contribution in [0.5, 0.6) is 17.2 Å². The summed E-state index contributed by atoms with van der Waals surface area (Å²) in [7, 11) is 1.08. The summed E-state index contributed by atoms with van der Waals surface area (Å²) in [5.41, 5.74) is 3.93. The molecule has 0 bridgehead atoms. The summed E-state index contributed by atoms with van der Waals surface area (Å²) in [5.74, 6) is 3.42. The molecule has 0 amide bonds. The van der Waals surface area contributed by atoms with Gasteiger partial charge in [0.05, 0.1) is 57.4 Å². The quantitative estimate of drug-likeness (QED) is 0.192. The second kappa shape index (κ2) is 11.5. The van der Waals surface area contributed by atoms with Crippen molar-refractivity contribution in [3.8, 4) is 17.2 Å². The summed E-state index contributed by atoms with van der Waals surface area (Å²) < 4.78 is 50.9. The molecule has 12 heteroatoms. The fraction of sp³-hybridized carbons (Fsp3) is 0.290. The van der Waals surface area contributed by atoms with Gasteiger partial charge in [0, 0.05) is 18.1 Å². The van der Waals surface area contributed by atoms with E-state index in [1.807, 2.05) is 41.1 Å². The van der Waals surface area contributed by atoms with Crippen LogP contribution >= 0.6 is 0 Å². The molecule has 5 aromatic rings. The summed E-state index contributed by atoms with van der Waals surface area (Å²) in [6, 6.07) is 20.7. The highest BCUT2D eigenvalue weighted by molar-refractivity contribution is 7.92. The normalized spacial score (nSPS) is 13.2. The van der Waals surface area contributed by atoms with Crippen molar-refractivity contribution in [2.75, 3.05) is 37.2 Å². The van der Waals surface area contributed by atoms with Gasteiger partial charge < -0.3 is 24.1 Å². The summed E-state index contributed by atoms with van der Waals surface area (Å²) >= 11 is 0. The summed E-state index contributed by atoms with van der Waals surface area (Å²) in [5, 5.41) is 13.0. The van der Waals surface area contributed by atoms with Crippen LogP contribution in [0.1, 0.15) is 35.6 Å². The predicted octanol–water partition coefficient (Wildman–Crippen LogP) is 5.69. The second-order valence-electron chi connectivity index (χ2n) is 10.5. The van der Waals surface area contributed by atoms with Crippen LogP contribution in [-0.2, 0) is 23.1 Å². The lowest BCUT2D eigenvalue weighted by atomic mass is 10.2. The minimum Gasteiger partial charge on any atom is -0.497 e. The number of rotatable bonds is 12. The summed E-state index contributed by atoms with van der Waals surface area (Å²) in [6.45, 7) is 0.631. The zero-order chi connectivity index (χ0) is 30.1. The van der Waals surface area contributed by atoms with Crippen LogP contribution in [0.25, 0.3) is 11.0 Å². The molecule has 6 rings (SSSR count). The Morgan fingerprint density at radius 2 is 1.58 bits per heavy atom. The molecular formula is C31H33N5O6S. The van der Waals surface area contributed by atoms with Crippen LogP contribution in [0.15, 0.2) is 71.3 Å². The van der Waals surface area contributed by atoms with Crippen molar-refractivity contribution in [3.05, 3.63) is 83.6 Å². The Bertz CT molecular complexity index is 1840. The molecule has 1 aliphatic rings. The average Bonchev–Trinajstić information content (AvgIpc) is 3.68. The van der Waals surface area contributed by atoms with E-state index >= 15 is 0 Å². The van der Waals surface area contributed by atoms with Crippen LogP contribution in [-0.4, -0.2) is 50.9 Å². The second-order valence-corrected chi connectivity index (χ2v) is 12.4. The van der Waals surface area contributed by atoms with E-state index in [0.29, 0.717) is 40.6 Å². The first kappa shape index (κ1) is 28.4. The molecule has 0 unspecified atom stereocenters. The topological polar surface area (TPSA) is 121 Å². The lowest BCUT2D eigenvalue weighted by molar-refractivity contribution is 0.414. The maximum absolute atomic E-state index is 12.9. The van der Waals surface area contributed by atoms with E-state index in [9.17, 15) is 8.42 Å². The highest BCUT2D eigenvalue weighted by Crippen LogP contribution is 2.42. The number of fused-ring (bicyclic) bond motifs is 1. The highest BCUT2D eigenvalue weighted by atomic mass is 32.2. The number of anilines is 3. The molecule has 3 aromatic carbocycles. The highest BCUT2D eigenvalue weighted by Gasteiger charge is 2.28. The lowest BCUT2D eigenvalue weighted by Gasteiger charge is -2.20. The van der Waals surface area contributed by atoms with Gasteiger partial charge in [0.25, 0.3) is 0 Å². The van der Waals surface area contributed by atoms with E-state index < -0.39 is 10.0 Å². The predicted molar refractivity (Wildman–Crippen MR) is 164 cm³/mol. The van der Waals surface area contributed by atoms with Gasteiger partial charge in [0.2, 0.25) is 10.0 Å². The molecular weight excluding hydrogens is 570 g/mol. The minimum absolute atomic E-state index is 0.0707. The van der Waals surface area contributed by atoms with Crippen molar-refractivity contribution in [2.45, 2.75) is 31.8 Å². The number of benzene rings is 3. The van der Waals surface area contributed by atoms with Crippen molar-refractivity contribution in [1.82, 2.24) is 14.9 Å². The lowest BCUT2D eigenvalue weighted by Crippen LogP contribution is -2.29. The standard InChI is InChI=1S/C31H33N5O6S/c1-39-23-11-5-20(6-12-23)18-35-30(17-26(33-35)22-9-10-22)32-27-16-28-25(15-29(27)41-3)31(34-42-28)36(43(4,37)38)19-21-7-13-24(40-2)14-8-21/h5-8,11-17,22,32H,9-10,18-19H2,1-4H3. The molecule has 2 heterocycles. The van der Waals surface area contributed by atoms with Crippen molar-refractivity contribution in [1.29, 1.82) is 0 Å². The molecule has 43 heavy (non-hydrogen) atoms. The largest absolute Gasteiger partial charge is 0.497 e. The third-order valence-corrected chi connectivity index (χ3v) is 8.55. The molecule has 0 spiro atoms. The van der Waals surface area contributed by atoms with Gasteiger partial charge in [0.1, 0.15) is 23.1 Å². The van der Waals surface area contributed by atoms with Gasteiger partial charge in [0.15, 0.2) is 11.4 Å². The van der Waals surface area contributed by atoms with Gasteiger partial charge in [-0.15, -0.1) is 0 Å². The zero-order valence-electron chi connectivity index (χ0n) is 24.4. The Hall–Kier alpha value is -4.71. The Labute approximate surface area is 250 Å². The van der Waals surface area contributed by atoms with E-state index in [1.54, 1.807) is 45.6 Å². The van der Waals surface area contributed by atoms with Gasteiger partial charge in [-0.25, -0.2) is 17.4 Å². The van der Waals surface area contributed by atoms with Gasteiger partial charge in [-0.1, -0.05) is 29.4 Å². The molecule has 0 aliphatic heterocycles. The third-order valence-electron chi connectivity index (χ3n) is 7.44. The van der Waals surface area contributed by atoms with E-state index in [1.165, 1.54) is 4.31 Å². The number of hydrogen-bond acceptors (Lipinski definition) is 9. The van der Waals surface area contributed by atoms with Crippen LogP contribution in [0.3, 0.4) is 0 Å². The molecule has 1 saturated carbocycles. The summed E-state index contributed by atoms with van der Waals surface area (Å²) in [6.07, 6.45) is 3.40. The molecule has 224 valence electrons. The van der Waals surface area contributed by atoms with Gasteiger partial charge in [-0.2, -0.15) is 5.10 Å². The molecule has 2 aromatic heterocycles. The Kier molecular flexibility index (Phi) is 7.61. The first-order valence-electron chi connectivity index (χ1n) is 13.8. The van der Waals surface area contributed by atoms with E-state index in [0.717, 1.165) is 47.5 Å². The number of ether oxygens (including phenoxy) is 3. The molecule has 11 nitrogen and oxygen atoms in total. The Morgan fingerprint density at radius 1 is 0.930 bits per heavy atom. The van der Waals surface area contributed by atoms with Crippen LogP contribution in [0.4, 0.5) is 17.3 Å². The van der Waals surface area contributed by atoms with E-state index in [-0.39, 0.29) is 12.4 Å². The Balaban J connectivity index is 1.33. The van der Waals surface area contributed by atoms with Crippen molar-refractivity contribution >= 4 is 38.3 Å². The van der Waals surface area contributed by atoms with Crippen LogP contribution in [0.2, 0.25) is 0 Å². The number of aromatic nitrogens is 3. The molecule has 1 aliphatic carbocycles. The molecule has 0 saturated heterocycles. The third kappa shape index (κ3) is 6.09. The number of sulfonamides is 1. The van der Waals surface area contributed by atoms with Crippen molar-refractivity contribution < 1.29 is 27.2 Å². The smallest absolute Gasteiger partial charge is 0.233 e. The van der Waals surface area contributed by atoms with E-state index in [2.05, 4.69) is 16.5 Å². The molecule has 0 atom stereocenters. The van der Waals surface area contributed by atoms with Crippen molar-refractivity contribution in [3.63, 3.8) is 0 Å². The number of nitrogens with zero attached hydrogens (tertiary/aromatic N) is 4. The number of methoxy groups -OCH3 is 3. The summed E-state index contributed by atoms with van der Waals surface area (Å²) in [4.78, 5) is 0. The number of hydrogen-bond donors (Lipinski definition) is 1. The number of nitrogens with one attached hydrogen (secondary N) is 1. The van der Waals surface area contributed by atoms with Crippen LogP contribution < -0.4 is 23.8 Å². The van der Waals surface area contributed by atoms with Gasteiger partial charge >= 0.3 is 0 Å². The SMILES string of the molecule is COc1ccc(CN(c2noc3cc(Nc4cc(C5CC5)nn4Cc4ccc(OC)cc4)c(OC)cc23)S(C)(=O)=O)cc1. The van der Waals surface area contributed by atoms with E-state index in [4.69, 9.17) is 23.8 Å². The molecule has 1 N–H and O–H groups in total. The fourth-order valence-electron chi connectivity index (χ4n) is 4.92. The fourth-order valence-corrected chi connectivity index (χ4v) is 5.75. The monoisotopic (exact) mass is 603 g/mol. The van der Waals surface area contributed by atoms with Crippen LogP contribution in [0, 0.1) is 0 Å². The van der Waals surface area contributed by atoms with Gasteiger partial charge in [-0.05, 0) is 54.3 Å². The molecule has 1 fully saturated rings. The maximum atomic E-state index is 12.9. The zero-order valence-corrected chi connectivity index (χ0v) is 25.2. The average molecular weight is 604 g/mol. The Morgan fingerprint density at radius 3 is 2.16 bits per heavy atom. The molecule has 0 radical (unpaired) electrons.